The number of methoxy groups -OCH3 is 2. The fraction of sp³-hybridized carbons (Fsp3) is 0.909. The zero-order valence-electron chi connectivity index (χ0n) is 19.7. The van der Waals surface area contributed by atoms with Crippen LogP contribution in [0.4, 0.5) is 0 Å². The van der Waals surface area contributed by atoms with Crippen molar-refractivity contribution in [1.82, 2.24) is 15.1 Å². The van der Waals surface area contributed by atoms with E-state index < -0.39 is 0 Å². The third kappa shape index (κ3) is 6.66. The number of hydrogen-bond acceptors (Lipinski definition) is 5. The van der Waals surface area contributed by atoms with Crippen LogP contribution in [-0.2, 0) is 19.1 Å². The molecule has 7 nitrogen and oxygen atoms in total. The molecule has 1 aliphatic heterocycles. The molecule has 1 heterocycles. The average molecular weight is 414 g/mol. The number of likely N-dealkylation sites (tertiary alicyclic amines) is 1. The molecule has 0 aromatic carbocycles. The Labute approximate surface area is 177 Å². The first-order valence-corrected chi connectivity index (χ1v) is 11.0. The molecule has 0 aliphatic carbocycles. The molecule has 0 spiro atoms. The van der Waals surface area contributed by atoms with Crippen LogP contribution in [0.25, 0.3) is 0 Å². The van der Waals surface area contributed by atoms with E-state index in [4.69, 9.17) is 9.47 Å². The molecule has 1 fully saturated rings. The SMILES string of the molecule is CCC(C)C(C(CC(=O)N1CCCC1C(OC)C(C)C)OC)N(C)C(=O)CNC. The van der Waals surface area contributed by atoms with E-state index in [1.807, 2.05) is 11.9 Å². The van der Waals surface area contributed by atoms with Gasteiger partial charge in [-0.25, -0.2) is 0 Å². The number of ether oxygens (including phenoxy) is 2. The van der Waals surface area contributed by atoms with Crippen LogP contribution in [0.3, 0.4) is 0 Å². The lowest BCUT2D eigenvalue weighted by Gasteiger charge is -2.39. The van der Waals surface area contributed by atoms with Crippen LogP contribution in [0.2, 0.25) is 0 Å². The lowest BCUT2D eigenvalue weighted by atomic mass is 9.90. The normalized spacial score (nSPS) is 21.1. The first-order chi connectivity index (χ1) is 13.7. The number of hydrogen-bond donors (Lipinski definition) is 1. The van der Waals surface area contributed by atoms with Crippen LogP contribution in [0, 0.1) is 11.8 Å². The van der Waals surface area contributed by atoms with Crippen LogP contribution >= 0.6 is 0 Å². The monoisotopic (exact) mass is 413 g/mol. The molecule has 0 saturated carbocycles. The van der Waals surface area contributed by atoms with Crippen LogP contribution in [-0.4, -0.2) is 87.3 Å². The Kier molecular flexibility index (Phi) is 11.1. The van der Waals surface area contributed by atoms with Gasteiger partial charge < -0.3 is 24.6 Å². The van der Waals surface area contributed by atoms with Gasteiger partial charge >= 0.3 is 0 Å². The number of nitrogens with zero attached hydrogens (tertiary/aromatic N) is 2. The molecule has 0 bridgehead atoms. The molecule has 0 aromatic rings. The van der Waals surface area contributed by atoms with Crippen molar-refractivity contribution in [2.45, 2.75) is 77.7 Å². The summed E-state index contributed by atoms with van der Waals surface area (Å²) in [6.45, 7) is 9.51. The van der Waals surface area contributed by atoms with Crippen molar-refractivity contribution in [2.75, 3.05) is 41.4 Å². The van der Waals surface area contributed by atoms with Gasteiger partial charge in [-0.2, -0.15) is 0 Å². The smallest absolute Gasteiger partial charge is 0.236 e. The van der Waals surface area contributed by atoms with Gasteiger partial charge in [0.15, 0.2) is 0 Å². The second-order valence-electron chi connectivity index (χ2n) is 8.63. The molecule has 1 N–H and O–H groups in total. The van der Waals surface area contributed by atoms with Gasteiger partial charge in [0.1, 0.15) is 0 Å². The number of likely N-dealkylation sites (N-methyl/N-ethyl adjacent to an activating group) is 2. The summed E-state index contributed by atoms with van der Waals surface area (Å²) in [5, 5.41) is 2.92. The summed E-state index contributed by atoms with van der Waals surface area (Å²) in [4.78, 5) is 29.5. The minimum atomic E-state index is -0.343. The predicted molar refractivity (Wildman–Crippen MR) is 116 cm³/mol. The summed E-state index contributed by atoms with van der Waals surface area (Å²) >= 11 is 0. The molecule has 5 atom stereocenters. The lowest BCUT2D eigenvalue weighted by molar-refractivity contribution is -0.144. The third-order valence-corrected chi connectivity index (χ3v) is 6.38. The van der Waals surface area contributed by atoms with Crippen molar-refractivity contribution >= 4 is 11.8 Å². The molecule has 5 unspecified atom stereocenters. The Hall–Kier alpha value is -1.18. The summed E-state index contributed by atoms with van der Waals surface area (Å²) in [7, 11) is 6.93. The van der Waals surface area contributed by atoms with Gasteiger partial charge in [-0.3, -0.25) is 9.59 Å². The zero-order chi connectivity index (χ0) is 22.1. The predicted octanol–water partition coefficient (Wildman–Crippen LogP) is 2.15. The summed E-state index contributed by atoms with van der Waals surface area (Å²) in [5.74, 6) is 0.653. The summed E-state index contributed by atoms with van der Waals surface area (Å²) < 4.78 is 11.5. The van der Waals surface area contributed by atoms with Gasteiger partial charge in [0.25, 0.3) is 0 Å². The highest BCUT2D eigenvalue weighted by atomic mass is 16.5. The van der Waals surface area contributed by atoms with E-state index in [0.717, 1.165) is 25.8 Å². The van der Waals surface area contributed by atoms with Gasteiger partial charge in [0.2, 0.25) is 11.8 Å². The largest absolute Gasteiger partial charge is 0.379 e. The van der Waals surface area contributed by atoms with E-state index in [2.05, 4.69) is 33.0 Å². The summed E-state index contributed by atoms with van der Waals surface area (Å²) in [5.41, 5.74) is 0. The maximum absolute atomic E-state index is 13.3. The second kappa shape index (κ2) is 12.5. The fourth-order valence-corrected chi connectivity index (χ4v) is 4.63. The maximum atomic E-state index is 13.3. The minimum Gasteiger partial charge on any atom is -0.379 e. The molecule has 0 aromatic heterocycles. The molecule has 0 radical (unpaired) electrons. The molecular formula is C22H43N3O4. The Morgan fingerprint density at radius 2 is 1.86 bits per heavy atom. The summed E-state index contributed by atoms with van der Waals surface area (Å²) in [6, 6.07) is -0.0464. The molecule has 170 valence electrons. The highest BCUT2D eigenvalue weighted by Crippen LogP contribution is 2.28. The maximum Gasteiger partial charge on any atom is 0.236 e. The lowest BCUT2D eigenvalue weighted by Crippen LogP contribution is -2.53. The van der Waals surface area contributed by atoms with Crippen molar-refractivity contribution in [3.8, 4) is 0 Å². The number of carbonyl (C=O) groups is 2. The van der Waals surface area contributed by atoms with E-state index in [9.17, 15) is 9.59 Å². The fourth-order valence-electron chi connectivity index (χ4n) is 4.63. The molecule has 1 saturated heterocycles. The Morgan fingerprint density at radius 3 is 2.34 bits per heavy atom. The first-order valence-electron chi connectivity index (χ1n) is 11.0. The summed E-state index contributed by atoms with van der Waals surface area (Å²) in [6.07, 6.45) is 2.83. The van der Waals surface area contributed by atoms with E-state index in [0.29, 0.717) is 5.92 Å². The van der Waals surface area contributed by atoms with Crippen molar-refractivity contribution in [1.29, 1.82) is 0 Å². The quantitative estimate of drug-likeness (QED) is 0.531. The minimum absolute atomic E-state index is 0.00519. The van der Waals surface area contributed by atoms with E-state index in [-0.39, 0.29) is 55.0 Å². The standard InChI is InChI=1S/C22H43N3O4/c1-9-16(4)21(24(6)20(27)14-23-5)18(28-7)13-19(26)25-12-10-11-17(25)22(29-8)15(2)3/h15-18,21-23H,9-14H2,1-8H3. The topological polar surface area (TPSA) is 71.1 Å². The molecule has 1 aliphatic rings. The van der Waals surface area contributed by atoms with Crippen molar-refractivity contribution in [2.24, 2.45) is 11.8 Å². The van der Waals surface area contributed by atoms with Crippen molar-refractivity contribution < 1.29 is 19.1 Å². The van der Waals surface area contributed by atoms with Crippen LogP contribution in [0.1, 0.15) is 53.4 Å². The number of rotatable bonds is 12. The second-order valence-corrected chi connectivity index (χ2v) is 8.63. The van der Waals surface area contributed by atoms with E-state index in [1.165, 1.54) is 0 Å². The van der Waals surface area contributed by atoms with Gasteiger partial charge in [0, 0.05) is 27.8 Å². The molecule has 29 heavy (non-hydrogen) atoms. The van der Waals surface area contributed by atoms with Crippen LogP contribution in [0.15, 0.2) is 0 Å². The van der Waals surface area contributed by atoms with Gasteiger partial charge in [0.05, 0.1) is 37.3 Å². The number of carbonyl (C=O) groups excluding carboxylic acids is 2. The average Bonchev–Trinajstić information content (AvgIpc) is 3.16. The zero-order valence-corrected chi connectivity index (χ0v) is 19.7. The van der Waals surface area contributed by atoms with Crippen LogP contribution in [0.5, 0.6) is 0 Å². The van der Waals surface area contributed by atoms with Crippen molar-refractivity contribution in [3.05, 3.63) is 0 Å². The van der Waals surface area contributed by atoms with Gasteiger partial charge in [-0.05, 0) is 31.7 Å². The number of amides is 2. The van der Waals surface area contributed by atoms with Gasteiger partial charge in [-0.1, -0.05) is 34.1 Å². The molecule has 2 amide bonds. The Balaban J connectivity index is 2.99. The van der Waals surface area contributed by atoms with Crippen LogP contribution < -0.4 is 5.32 Å². The van der Waals surface area contributed by atoms with E-state index >= 15 is 0 Å². The molecular weight excluding hydrogens is 370 g/mol. The molecule has 7 heteroatoms. The number of nitrogens with one attached hydrogen (secondary N) is 1. The van der Waals surface area contributed by atoms with E-state index in [1.54, 1.807) is 26.2 Å². The first kappa shape index (κ1) is 25.9. The van der Waals surface area contributed by atoms with Gasteiger partial charge in [-0.15, -0.1) is 0 Å². The highest BCUT2D eigenvalue weighted by molar-refractivity contribution is 5.79. The third-order valence-electron chi connectivity index (χ3n) is 6.38. The Bertz CT molecular complexity index is 514. The van der Waals surface area contributed by atoms with Crippen molar-refractivity contribution in [3.63, 3.8) is 0 Å². The molecule has 1 rings (SSSR count). The highest BCUT2D eigenvalue weighted by Gasteiger charge is 2.39. The Morgan fingerprint density at radius 1 is 1.21 bits per heavy atom.